The number of nitrogens with one attached hydrogen (secondary N) is 1. The zero-order valence-electron chi connectivity index (χ0n) is 15.0. The number of carbonyl (C=O) groups is 2. The van der Waals surface area contributed by atoms with Crippen molar-refractivity contribution in [3.63, 3.8) is 0 Å². The van der Waals surface area contributed by atoms with Gasteiger partial charge in [0.05, 0.1) is 16.3 Å². The van der Waals surface area contributed by atoms with E-state index in [1.807, 2.05) is 48.7 Å². The van der Waals surface area contributed by atoms with E-state index < -0.39 is 11.6 Å². The Morgan fingerprint density at radius 1 is 1.22 bits per heavy atom. The molecular formula is C21H18N2O3S. The molecule has 0 aliphatic carbocycles. The maximum absolute atomic E-state index is 12.9. The predicted molar refractivity (Wildman–Crippen MR) is 105 cm³/mol. The first-order valence-corrected chi connectivity index (χ1v) is 9.48. The van der Waals surface area contributed by atoms with Crippen molar-refractivity contribution in [3.8, 4) is 11.3 Å². The number of nitrogens with zero attached hydrogens (tertiary/aromatic N) is 1. The lowest BCUT2D eigenvalue weighted by Gasteiger charge is -2.33. The molecule has 1 atom stereocenters. The quantitative estimate of drug-likeness (QED) is 0.693. The lowest BCUT2D eigenvalue weighted by Crippen LogP contribution is -2.48. The normalized spacial score (nSPS) is 18.5. The number of carbonyl (C=O) groups excluding carboxylic acids is 2. The third kappa shape index (κ3) is 3.36. The standard InChI is InChI=1S/C21H18N2O3S/c1-13-22-18(12-27-13)14-7-5-8-16(10-14)23-20(25)21(2)11-15-6-3-4-9-17(15)19(24)26-21/h3-10,12H,11H2,1-2H3,(H,23,25). The third-order valence-corrected chi connectivity index (χ3v) is 5.37. The molecule has 2 heterocycles. The van der Waals surface area contributed by atoms with Crippen LogP contribution < -0.4 is 5.32 Å². The molecule has 3 aromatic rings. The summed E-state index contributed by atoms with van der Waals surface area (Å²) < 4.78 is 5.49. The van der Waals surface area contributed by atoms with E-state index in [1.54, 1.807) is 30.4 Å². The van der Waals surface area contributed by atoms with E-state index in [0.29, 0.717) is 17.7 Å². The largest absolute Gasteiger partial charge is 0.445 e. The number of ether oxygens (including phenoxy) is 1. The molecule has 1 N–H and O–H groups in total. The van der Waals surface area contributed by atoms with Gasteiger partial charge in [-0.05, 0) is 37.6 Å². The van der Waals surface area contributed by atoms with Gasteiger partial charge >= 0.3 is 5.97 Å². The summed E-state index contributed by atoms with van der Waals surface area (Å²) in [6.45, 7) is 3.60. The lowest BCUT2D eigenvalue weighted by molar-refractivity contribution is -0.134. The Morgan fingerprint density at radius 2 is 2.04 bits per heavy atom. The lowest BCUT2D eigenvalue weighted by atomic mass is 9.89. The van der Waals surface area contributed by atoms with Gasteiger partial charge < -0.3 is 10.1 Å². The minimum Gasteiger partial charge on any atom is -0.445 e. The molecule has 1 unspecified atom stereocenters. The smallest absolute Gasteiger partial charge is 0.339 e. The molecule has 0 saturated heterocycles. The van der Waals surface area contributed by atoms with E-state index in [2.05, 4.69) is 10.3 Å². The summed E-state index contributed by atoms with van der Waals surface area (Å²) in [5.74, 6) is -0.821. The van der Waals surface area contributed by atoms with Gasteiger partial charge in [0.25, 0.3) is 5.91 Å². The molecule has 0 fully saturated rings. The van der Waals surface area contributed by atoms with E-state index in [9.17, 15) is 9.59 Å². The van der Waals surface area contributed by atoms with Gasteiger partial charge in [-0.15, -0.1) is 11.3 Å². The van der Waals surface area contributed by atoms with E-state index >= 15 is 0 Å². The van der Waals surface area contributed by atoms with Crippen LogP contribution in [0.2, 0.25) is 0 Å². The van der Waals surface area contributed by atoms with Crippen molar-refractivity contribution in [1.82, 2.24) is 4.98 Å². The first-order valence-electron chi connectivity index (χ1n) is 8.60. The monoisotopic (exact) mass is 378 g/mol. The van der Waals surface area contributed by atoms with Gasteiger partial charge in [0.15, 0.2) is 5.60 Å². The number of fused-ring (bicyclic) bond motifs is 1. The number of anilines is 1. The Balaban J connectivity index is 1.57. The number of benzene rings is 2. The summed E-state index contributed by atoms with van der Waals surface area (Å²) in [4.78, 5) is 29.7. The summed E-state index contributed by atoms with van der Waals surface area (Å²) in [6, 6.07) is 14.7. The van der Waals surface area contributed by atoms with Crippen LogP contribution in [0.1, 0.15) is 27.9 Å². The molecule has 2 aromatic carbocycles. The molecule has 136 valence electrons. The summed E-state index contributed by atoms with van der Waals surface area (Å²) in [5.41, 5.74) is 2.52. The van der Waals surface area contributed by atoms with Gasteiger partial charge in [0.2, 0.25) is 0 Å². The van der Waals surface area contributed by atoms with Crippen molar-refractivity contribution in [1.29, 1.82) is 0 Å². The topological polar surface area (TPSA) is 68.3 Å². The fraction of sp³-hybridized carbons (Fsp3) is 0.190. The zero-order valence-corrected chi connectivity index (χ0v) is 15.8. The molecule has 27 heavy (non-hydrogen) atoms. The maximum atomic E-state index is 12.9. The molecular weight excluding hydrogens is 360 g/mol. The maximum Gasteiger partial charge on any atom is 0.339 e. The first kappa shape index (κ1) is 17.4. The molecule has 0 bridgehead atoms. The highest BCUT2D eigenvalue weighted by atomic mass is 32.1. The predicted octanol–water partition coefficient (Wildman–Crippen LogP) is 4.23. The third-order valence-electron chi connectivity index (χ3n) is 4.60. The molecule has 1 aliphatic heterocycles. The molecule has 0 spiro atoms. The Kier molecular flexibility index (Phi) is 4.28. The number of amides is 1. The number of hydrogen-bond acceptors (Lipinski definition) is 5. The van der Waals surface area contributed by atoms with Crippen LogP contribution in [0.4, 0.5) is 5.69 Å². The van der Waals surface area contributed by atoms with Crippen LogP contribution in [0.15, 0.2) is 53.9 Å². The van der Waals surface area contributed by atoms with Crippen LogP contribution in [0.25, 0.3) is 11.3 Å². The van der Waals surface area contributed by atoms with Gasteiger partial charge in [-0.25, -0.2) is 9.78 Å². The molecule has 0 saturated carbocycles. The number of rotatable bonds is 3. The Labute approximate surface area is 161 Å². The number of aromatic nitrogens is 1. The number of hydrogen-bond donors (Lipinski definition) is 1. The van der Waals surface area contributed by atoms with Gasteiger partial charge in [-0.1, -0.05) is 30.3 Å². The molecule has 5 nitrogen and oxygen atoms in total. The summed E-state index contributed by atoms with van der Waals surface area (Å²) in [5, 5.41) is 5.85. The van der Waals surface area contributed by atoms with Crippen LogP contribution >= 0.6 is 11.3 Å². The number of thiazole rings is 1. The highest BCUT2D eigenvalue weighted by molar-refractivity contribution is 7.09. The fourth-order valence-electron chi connectivity index (χ4n) is 3.17. The molecule has 4 rings (SSSR count). The minimum atomic E-state index is -1.25. The van der Waals surface area contributed by atoms with E-state index in [1.165, 1.54) is 0 Å². The number of esters is 1. The van der Waals surface area contributed by atoms with E-state index in [-0.39, 0.29) is 5.91 Å². The Bertz CT molecular complexity index is 1040. The highest BCUT2D eigenvalue weighted by Crippen LogP contribution is 2.30. The van der Waals surface area contributed by atoms with Gasteiger partial charge in [-0.2, -0.15) is 0 Å². The van der Waals surface area contributed by atoms with Crippen LogP contribution in [0.5, 0.6) is 0 Å². The Morgan fingerprint density at radius 3 is 2.81 bits per heavy atom. The van der Waals surface area contributed by atoms with Crippen molar-refractivity contribution < 1.29 is 14.3 Å². The molecule has 1 aromatic heterocycles. The first-order chi connectivity index (χ1) is 12.9. The summed E-state index contributed by atoms with van der Waals surface area (Å²) >= 11 is 1.58. The van der Waals surface area contributed by atoms with Crippen LogP contribution in [0, 0.1) is 6.92 Å². The van der Waals surface area contributed by atoms with Gasteiger partial charge in [-0.3, -0.25) is 4.79 Å². The number of aryl methyl sites for hydroxylation is 1. The summed E-state index contributed by atoms with van der Waals surface area (Å²) in [7, 11) is 0. The second-order valence-corrected chi connectivity index (χ2v) is 7.80. The van der Waals surface area contributed by atoms with E-state index in [0.717, 1.165) is 21.8 Å². The van der Waals surface area contributed by atoms with Crippen LogP contribution in [0.3, 0.4) is 0 Å². The SMILES string of the molecule is Cc1nc(-c2cccc(NC(=O)C3(C)Cc4ccccc4C(=O)O3)c2)cs1. The minimum absolute atomic E-state index is 0.339. The van der Waals surface area contributed by atoms with Gasteiger partial charge in [0, 0.05) is 23.1 Å². The van der Waals surface area contributed by atoms with E-state index in [4.69, 9.17) is 4.74 Å². The average Bonchev–Trinajstić information content (AvgIpc) is 3.08. The van der Waals surface area contributed by atoms with Crippen molar-refractivity contribution in [2.75, 3.05) is 5.32 Å². The molecule has 0 radical (unpaired) electrons. The second-order valence-electron chi connectivity index (χ2n) is 6.74. The van der Waals surface area contributed by atoms with Crippen molar-refractivity contribution >= 4 is 28.9 Å². The molecule has 6 heteroatoms. The number of cyclic esters (lactones) is 1. The fourth-order valence-corrected chi connectivity index (χ4v) is 3.80. The average molecular weight is 378 g/mol. The second kappa shape index (κ2) is 6.63. The zero-order chi connectivity index (χ0) is 19.0. The van der Waals surface area contributed by atoms with Crippen molar-refractivity contribution in [2.24, 2.45) is 0 Å². The van der Waals surface area contributed by atoms with Crippen LogP contribution in [-0.4, -0.2) is 22.5 Å². The Hall–Kier alpha value is -2.99. The van der Waals surface area contributed by atoms with Gasteiger partial charge in [0.1, 0.15) is 0 Å². The molecule has 1 aliphatic rings. The highest BCUT2D eigenvalue weighted by Gasteiger charge is 2.42. The summed E-state index contributed by atoms with van der Waals surface area (Å²) in [6.07, 6.45) is 0.339. The van der Waals surface area contributed by atoms with Crippen molar-refractivity contribution in [3.05, 3.63) is 70.0 Å². The molecule has 1 amide bonds. The van der Waals surface area contributed by atoms with Crippen molar-refractivity contribution in [2.45, 2.75) is 25.9 Å². The van der Waals surface area contributed by atoms with Crippen LogP contribution in [-0.2, 0) is 16.0 Å².